The molecule has 1 heterocycles. The summed E-state index contributed by atoms with van der Waals surface area (Å²) in [6.45, 7) is 0.419. The van der Waals surface area contributed by atoms with E-state index in [4.69, 9.17) is 4.74 Å². The van der Waals surface area contributed by atoms with Gasteiger partial charge in [0.25, 0.3) is 0 Å². The number of carbonyl (C=O) groups is 2. The van der Waals surface area contributed by atoms with Gasteiger partial charge in [0.1, 0.15) is 5.75 Å². The van der Waals surface area contributed by atoms with Gasteiger partial charge in [-0.1, -0.05) is 42.1 Å². The summed E-state index contributed by atoms with van der Waals surface area (Å²) in [5, 5.41) is 2.66. The van der Waals surface area contributed by atoms with E-state index in [0.717, 1.165) is 11.3 Å². The van der Waals surface area contributed by atoms with Crippen molar-refractivity contribution >= 4 is 34.4 Å². The Balaban J connectivity index is 1.91. The first-order valence-electron chi connectivity index (χ1n) is 8.56. The van der Waals surface area contributed by atoms with Gasteiger partial charge >= 0.3 is 0 Å². The quantitative estimate of drug-likeness (QED) is 0.862. The number of carbonyl (C=O) groups excluding carboxylic acids is 2. The van der Waals surface area contributed by atoms with Crippen LogP contribution < -0.4 is 10.1 Å². The number of hydrogen-bond donors (Lipinski definition) is 1. The predicted octanol–water partition coefficient (Wildman–Crippen LogP) is 2.96. The van der Waals surface area contributed by atoms with Gasteiger partial charge in [0.15, 0.2) is 5.17 Å². The number of nitrogens with zero attached hydrogens (tertiary/aromatic N) is 2. The summed E-state index contributed by atoms with van der Waals surface area (Å²) in [6.07, 6.45) is 0.152. The molecule has 0 bridgehead atoms. The zero-order valence-electron chi connectivity index (χ0n) is 15.2. The molecule has 0 saturated carbocycles. The van der Waals surface area contributed by atoms with Gasteiger partial charge in [-0.05, 0) is 29.8 Å². The van der Waals surface area contributed by atoms with Crippen LogP contribution in [0.15, 0.2) is 59.6 Å². The van der Waals surface area contributed by atoms with E-state index >= 15 is 0 Å². The highest BCUT2D eigenvalue weighted by atomic mass is 32.2. The van der Waals surface area contributed by atoms with Crippen LogP contribution in [0.5, 0.6) is 5.75 Å². The second kappa shape index (κ2) is 8.73. The molecule has 140 valence electrons. The zero-order chi connectivity index (χ0) is 19.2. The first-order chi connectivity index (χ1) is 13.1. The minimum atomic E-state index is -0.480. The van der Waals surface area contributed by atoms with E-state index in [1.807, 2.05) is 54.6 Å². The number of amidine groups is 1. The Morgan fingerprint density at radius 3 is 2.56 bits per heavy atom. The molecule has 2 aromatic carbocycles. The van der Waals surface area contributed by atoms with Gasteiger partial charge in [-0.3, -0.25) is 14.5 Å². The van der Waals surface area contributed by atoms with E-state index in [1.165, 1.54) is 11.8 Å². The van der Waals surface area contributed by atoms with Crippen LogP contribution in [0.2, 0.25) is 0 Å². The zero-order valence-corrected chi connectivity index (χ0v) is 16.0. The molecule has 1 aliphatic heterocycles. The minimum absolute atomic E-state index is 0.113. The van der Waals surface area contributed by atoms with E-state index in [0.29, 0.717) is 17.4 Å². The van der Waals surface area contributed by atoms with Gasteiger partial charge in [0.2, 0.25) is 11.8 Å². The van der Waals surface area contributed by atoms with Crippen molar-refractivity contribution in [3.05, 3.63) is 60.2 Å². The summed E-state index contributed by atoms with van der Waals surface area (Å²) in [6, 6.07) is 17.0. The number of methoxy groups -OCH3 is 1. The monoisotopic (exact) mass is 383 g/mol. The third-order valence-electron chi connectivity index (χ3n) is 4.16. The lowest BCUT2D eigenvalue weighted by atomic mass is 10.2. The third-order valence-corrected chi connectivity index (χ3v) is 5.35. The Morgan fingerprint density at radius 2 is 1.93 bits per heavy atom. The fraction of sp³-hybridized carbons (Fsp3) is 0.250. The maximum Gasteiger partial charge on any atom is 0.233 e. The Labute approximate surface area is 162 Å². The van der Waals surface area contributed by atoms with E-state index in [1.54, 1.807) is 19.1 Å². The van der Waals surface area contributed by atoms with E-state index in [2.05, 4.69) is 10.3 Å². The van der Waals surface area contributed by atoms with Gasteiger partial charge < -0.3 is 10.1 Å². The Hall–Kier alpha value is -2.80. The van der Waals surface area contributed by atoms with Crippen LogP contribution in [0.4, 0.5) is 5.69 Å². The van der Waals surface area contributed by atoms with Crippen molar-refractivity contribution < 1.29 is 14.3 Å². The molecule has 0 aliphatic carbocycles. The first-order valence-corrected chi connectivity index (χ1v) is 9.44. The van der Waals surface area contributed by atoms with Crippen LogP contribution in [-0.4, -0.2) is 41.3 Å². The van der Waals surface area contributed by atoms with Crippen LogP contribution in [0.1, 0.15) is 12.0 Å². The molecule has 0 radical (unpaired) electrons. The molecule has 1 N–H and O–H groups in total. The lowest BCUT2D eigenvalue weighted by molar-refractivity contribution is -0.130. The van der Waals surface area contributed by atoms with Gasteiger partial charge in [-0.15, -0.1) is 0 Å². The molecular weight excluding hydrogens is 362 g/mol. The van der Waals surface area contributed by atoms with Gasteiger partial charge in [0, 0.05) is 13.5 Å². The number of aliphatic imine (C=N–C) groups is 1. The standard InChI is InChI=1S/C20H21N3O3S/c1-21-19(25)17-12-18(24)23(13-14-6-4-3-5-7-14)20(27-17)22-15-8-10-16(26-2)11-9-15/h3-11,17H,12-13H2,1-2H3,(H,21,25)/t17-/m0/s1. The first kappa shape index (κ1) is 19.0. The lowest BCUT2D eigenvalue weighted by Gasteiger charge is -2.31. The van der Waals surface area contributed by atoms with E-state index in [9.17, 15) is 9.59 Å². The van der Waals surface area contributed by atoms with Crippen LogP contribution >= 0.6 is 11.8 Å². The van der Waals surface area contributed by atoms with E-state index in [-0.39, 0.29) is 18.2 Å². The maximum atomic E-state index is 12.8. The highest BCUT2D eigenvalue weighted by Gasteiger charge is 2.35. The molecule has 27 heavy (non-hydrogen) atoms. The molecule has 3 rings (SSSR count). The number of benzene rings is 2. The molecule has 1 fully saturated rings. The molecule has 0 aromatic heterocycles. The third kappa shape index (κ3) is 4.68. The molecule has 2 aromatic rings. The molecule has 1 atom stereocenters. The van der Waals surface area contributed by atoms with Crippen molar-refractivity contribution in [3.63, 3.8) is 0 Å². The van der Waals surface area contributed by atoms with Crippen molar-refractivity contribution in [2.24, 2.45) is 4.99 Å². The Kier molecular flexibility index (Phi) is 6.13. The highest BCUT2D eigenvalue weighted by molar-refractivity contribution is 8.15. The van der Waals surface area contributed by atoms with Gasteiger partial charge in [-0.25, -0.2) is 4.99 Å². The number of hydrogen-bond acceptors (Lipinski definition) is 5. The number of nitrogens with one attached hydrogen (secondary N) is 1. The molecule has 2 amide bonds. The molecule has 0 unspecified atom stereocenters. The second-order valence-corrected chi connectivity index (χ2v) is 7.15. The maximum absolute atomic E-state index is 12.8. The average Bonchev–Trinajstić information content (AvgIpc) is 2.71. The second-order valence-electron chi connectivity index (χ2n) is 5.98. The van der Waals surface area contributed by atoms with Crippen LogP contribution in [0.25, 0.3) is 0 Å². The Morgan fingerprint density at radius 1 is 1.22 bits per heavy atom. The topological polar surface area (TPSA) is 71.0 Å². The smallest absolute Gasteiger partial charge is 0.233 e. The number of thioether (sulfide) groups is 1. The fourth-order valence-corrected chi connectivity index (χ4v) is 3.85. The largest absolute Gasteiger partial charge is 0.497 e. The molecule has 1 aliphatic rings. The van der Waals surface area contributed by atoms with E-state index < -0.39 is 5.25 Å². The normalized spacial score (nSPS) is 18.4. The lowest BCUT2D eigenvalue weighted by Crippen LogP contribution is -2.45. The number of amides is 2. The SMILES string of the molecule is CNC(=O)[C@@H]1CC(=O)N(Cc2ccccc2)C(=Nc2ccc(OC)cc2)S1. The number of rotatable bonds is 5. The van der Waals surface area contributed by atoms with Gasteiger partial charge in [-0.2, -0.15) is 0 Å². The van der Waals surface area contributed by atoms with Crippen LogP contribution in [0.3, 0.4) is 0 Å². The van der Waals surface area contributed by atoms with Crippen molar-refractivity contribution in [1.82, 2.24) is 10.2 Å². The summed E-state index contributed by atoms with van der Waals surface area (Å²) >= 11 is 1.31. The summed E-state index contributed by atoms with van der Waals surface area (Å²) in [5.41, 5.74) is 1.70. The molecular formula is C20H21N3O3S. The van der Waals surface area contributed by atoms with Crippen molar-refractivity contribution in [2.45, 2.75) is 18.2 Å². The Bertz CT molecular complexity index is 837. The van der Waals surface area contributed by atoms with Gasteiger partial charge in [0.05, 0.1) is 24.6 Å². The van der Waals surface area contributed by atoms with Crippen LogP contribution in [0, 0.1) is 0 Å². The summed E-state index contributed by atoms with van der Waals surface area (Å²) < 4.78 is 5.17. The number of ether oxygens (including phenoxy) is 1. The summed E-state index contributed by atoms with van der Waals surface area (Å²) in [5.74, 6) is 0.448. The predicted molar refractivity (Wildman–Crippen MR) is 107 cm³/mol. The molecule has 0 spiro atoms. The minimum Gasteiger partial charge on any atom is -0.497 e. The summed E-state index contributed by atoms with van der Waals surface area (Å²) in [4.78, 5) is 31.1. The molecule has 7 heteroatoms. The highest BCUT2D eigenvalue weighted by Crippen LogP contribution is 2.30. The summed E-state index contributed by atoms with van der Waals surface area (Å²) in [7, 11) is 3.18. The molecule has 1 saturated heterocycles. The van der Waals surface area contributed by atoms with Crippen molar-refractivity contribution in [3.8, 4) is 5.75 Å². The van der Waals surface area contributed by atoms with Crippen molar-refractivity contribution in [2.75, 3.05) is 14.2 Å². The van der Waals surface area contributed by atoms with Crippen molar-refractivity contribution in [1.29, 1.82) is 0 Å². The van der Waals surface area contributed by atoms with Crippen LogP contribution in [-0.2, 0) is 16.1 Å². The average molecular weight is 383 g/mol. The molecule has 6 nitrogen and oxygen atoms in total. The fourth-order valence-electron chi connectivity index (χ4n) is 2.69.